The van der Waals surface area contributed by atoms with Gasteiger partial charge in [0, 0.05) is 48.2 Å². The minimum Gasteiger partial charge on any atom is -0.469 e. The van der Waals surface area contributed by atoms with Crippen molar-refractivity contribution in [3.05, 3.63) is 91.9 Å². The summed E-state index contributed by atoms with van der Waals surface area (Å²) in [5.74, 6) is 0.725. The molecule has 0 fully saturated rings. The molecule has 10 heteroatoms. The van der Waals surface area contributed by atoms with E-state index in [2.05, 4.69) is 17.1 Å². The number of likely N-dealkylation sites (N-methyl/N-ethyl adjacent to an activating group) is 1. The van der Waals surface area contributed by atoms with E-state index in [4.69, 9.17) is 25.9 Å². The van der Waals surface area contributed by atoms with Gasteiger partial charge in [-0.25, -0.2) is 0 Å². The summed E-state index contributed by atoms with van der Waals surface area (Å²) in [7, 11) is 2.04. The van der Waals surface area contributed by atoms with Crippen LogP contribution in [-0.4, -0.2) is 53.9 Å². The van der Waals surface area contributed by atoms with Crippen molar-refractivity contribution in [2.24, 2.45) is 0 Å². The molecule has 1 atom stereocenters. The first kappa shape index (κ1) is 28.1. The highest BCUT2D eigenvalue weighted by Gasteiger charge is 2.19. The molecule has 0 aliphatic rings. The molecular weight excluding hydrogens is 526 g/mol. The molecule has 1 unspecified atom stereocenters. The van der Waals surface area contributed by atoms with E-state index >= 15 is 0 Å². The first-order valence-electron chi connectivity index (χ1n) is 12.4. The first-order valence-corrected chi connectivity index (χ1v) is 13.6. The fourth-order valence-electron chi connectivity index (χ4n) is 4.30. The molecule has 4 rings (SSSR count). The highest BCUT2D eigenvalue weighted by molar-refractivity contribution is 7.18. The average Bonchev–Trinajstić information content (AvgIpc) is 3.58. The third-order valence-electron chi connectivity index (χ3n) is 6.16. The van der Waals surface area contributed by atoms with Crippen molar-refractivity contribution in [2.45, 2.75) is 32.5 Å². The zero-order valence-electron chi connectivity index (χ0n) is 21.5. The van der Waals surface area contributed by atoms with E-state index in [1.165, 1.54) is 11.3 Å². The molecule has 2 N–H and O–H groups in total. The summed E-state index contributed by atoms with van der Waals surface area (Å²) in [5, 5.41) is 13.0. The van der Waals surface area contributed by atoms with E-state index < -0.39 is 5.91 Å². The monoisotopic (exact) mass is 557 g/mol. The van der Waals surface area contributed by atoms with Crippen LogP contribution >= 0.6 is 22.9 Å². The Morgan fingerprint density at radius 2 is 2.05 bits per heavy atom. The Kier molecular flexibility index (Phi) is 9.76. The van der Waals surface area contributed by atoms with E-state index in [9.17, 15) is 9.59 Å². The Hall–Kier alpha value is -2.95. The van der Waals surface area contributed by atoms with Crippen LogP contribution in [-0.2, 0) is 24.4 Å². The molecule has 1 aromatic carbocycles. The topological polar surface area (TPSA) is 96.9 Å². The van der Waals surface area contributed by atoms with Gasteiger partial charge in [0.05, 0.1) is 31.5 Å². The number of carbonyl (C=O) groups is 1. The van der Waals surface area contributed by atoms with Gasteiger partial charge in [0.25, 0.3) is 5.91 Å². The van der Waals surface area contributed by atoms with Gasteiger partial charge in [0.2, 0.25) is 5.43 Å². The number of furan rings is 1. The highest BCUT2D eigenvalue weighted by atomic mass is 35.5. The smallest absolute Gasteiger partial charge is 0.257 e. The van der Waals surface area contributed by atoms with Gasteiger partial charge in [-0.2, -0.15) is 0 Å². The van der Waals surface area contributed by atoms with Crippen molar-refractivity contribution in [3.8, 4) is 0 Å². The minimum atomic E-state index is -0.436. The molecule has 0 aliphatic heterocycles. The molecule has 8 nitrogen and oxygen atoms in total. The van der Waals surface area contributed by atoms with Crippen LogP contribution in [0.4, 0.5) is 0 Å². The maximum absolute atomic E-state index is 13.4. The number of nitrogens with zero attached hydrogens (tertiary/aromatic N) is 2. The first-order chi connectivity index (χ1) is 18.4. The standard InChI is InChI=1S/C28H32ClN3O5S/c1-19(25-4-3-11-37-25)16-31(2)17-22-14-23-26(34)24(18-32(28(23)38-22)9-12-36-13-10-33)27(35)30-15-20-5-7-21(29)8-6-20/h3-8,11,14,18-19,33H,9-10,12-13,15-17H2,1-2H3,(H,30,35). The van der Waals surface area contributed by atoms with Crippen LogP contribution in [0.5, 0.6) is 0 Å². The Morgan fingerprint density at radius 1 is 1.26 bits per heavy atom. The number of nitrogens with one attached hydrogen (secondary N) is 1. The van der Waals surface area contributed by atoms with E-state index in [0.29, 0.717) is 30.1 Å². The summed E-state index contributed by atoms with van der Waals surface area (Å²) >= 11 is 7.48. The fraction of sp³-hybridized carbons (Fsp3) is 0.357. The quantitative estimate of drug-likeness (QED) is 0.235. The van der Waals surface area contributed by atoms with Gasteiger partial charge < -0.3 is 29.0 Å². The van der Waals surface area contributed by atoms with Gasteiger partial charge in [0.15, 0.2) is 0 Å². The van der Waals surface area contributed by atoms with Crippen LogP contribution in [0.3, 0.4) is 0 Å². The number of halogens is 1. The molecule has 202 valence electrons. The zero-order chi connectivity index (χ0) is 27.1. The number of benzene rings is 1. The lowest BCUT2D eigenvalue weighted by Crippen LogP contribution is -2.29. The van der Waals surface area contributed by atoms with Crippen molar-refractivity contribution < 1.29 is 19.1 Å². The molecule has 0 radical (unpaired) electrons. The Morgan fingerprint density at radius 3 is 2.76 bits per heavy atom. The molecule has 0 aliphatic carbocycles. The number of amides is 1. The third-order valence-corrected chi connectivity index (χ3v) is 7.57. The molecule has 0 spiro atoms. The van der Waals surface area contributed by atoms with Crippen LogP contribution in [0.25, 0.3) is 10.2 Å². The van der Waals surface area contributed by atoms with Gasteiger partial charge in [-0.3, -0.25) is 9.59 Å². The maximum atomic E-state index is 13.4. The fourth-order valence-corrected chi connectivity index (χ4v) is 5.66. The summed E-state index contributed by atoms with van der Waals surface area (Å²) in [4.78, 5) is 30.5. The Bertz CT molecular complexity index is 1400. The van der Waals surface area contributed by atoms with Crippen LogP contribution < -0.4 is 10.7 Å². The van der Waals surface area contributed by atoms with Crippen LogP contribution in [0.2, 0.25) is 5.02 Å². The summed E-state index contributed by atoms with van der Waals surface area (Å²) in [5.41, 5.74) is 0.666. The van der Waals surface area contributed by atoms with Crippen LogP contribution in [0.15, 0.2) is 64.1 Å². The average molecular weight is 558 g/mol. The van der Waals surface area contributed by atoms with Crippen molar-refractivity contribution >= 4 is 39.1 Å². The van der Waals surface area contributed by atoms with Crippen molar-refractivity contribution in [3.63, 3.8) is 0 Å². The number of aromatic nitrogens is 1. The number of carbonyl (C=O) groups excluding carboxylic acids is 1. The lowest BCUT2D eigenvalue weighted by atomic mass is 10.1. The van der Waals surface area contributed by atoms with Crippen molar-refractivity contribution in [2.75, 3.05) is 33.4 Å². The lowest BCUT2D eigenvalue weighted by Gasteiger charge is -2.19. The Labute approximate surface area is 230 Å². The summed E-state index contributed by atoms with van der Waals surface area (Å²) in [6.07, 6.45) is 3.28. The number of thiophene rings is 1. The molecule has 0 bridgehead atoms. The number of rotatable bonds is 13. The largest absolute Gasteiger partial charge is 0.469 e. The molecule has 3 heterocycles. The Balaban J connectivity index is 1.56. The molecule has 0 saturated carbocycles. The van der Waals surface area contributed by atoms with Crippen molar-refractivity contribution in [1.82, 2.24) is 14.8 Å². The van der Waals surface area contributed by atoms with E-state index in [0.717, 1.165) is 27.6 Å². The predicted molar refractivity (Wildman–Crippen MR) is 150 cm³/mol. The third kappa shape index (κ3) is 7.12. The van der Waals surface area contributed by atoms with Gasteiger partial charge in [-0.05, 0) is 42.9 Å². The van der Waals surface area contributed by atoms with Gasteiger partial charge in [-0.1, -0.05) is 30.7 Å². The van der Waals surface area contributed by atoms with Crippen LogP contribution in [0, 0.1) is 0 Å². The maximum Gasteiger partial charge on any atom is 0.257 e. The van der Waals surface area contributed by atoms with Crippen LogP contribution in [0.1, 0.15) is 39.4 Å². The summed E-state index contributed by atoms with van der Waals surface area (Å²) in [6.45, 7) is 4.79. The number of aliphatic hydroxyl groups is 1. The molecule has 1 amide bonds. The van der Waals surface area contributed by atoms with E-state index in [1.54, 1.807) is 24.6 Å². The molecule has 4 aromatic rings. The SMILES string of the molecule is CC(CN(C)Cc1cc2c(=O)c(C(=O)NCc3ccc(Cl)cc3)cn(CCOCCO)c2s1)c1ccco1. The second kappa shape index (κ2) is 13.2. The van der Waals surface area contributed by atoms with Gasteiger partial charge >= 0.3 is 0 Å². The molecule has 3 aromatic heterocycles. The summed E-state index contributed by atoms with van der Waals surface area (Å²) in [6, 6.07) is 12.9. The zero-order valence-corrected chi connectivity index (χ0v) is 23.1. The second-order valence-corrected chi connectivity index (χ2v) is 10.8. The molecule has 0 saturated heterocycles. The molecule has 38 heavy (non-hydrogen) atoms. The predicted octanol–water partition coefficient (Wildman–Crippen LogP) is 4.48. The number of ether oxygens (including phenoxy) is 1. The van der Waals surface area contributed by atoms with E-state index in [1.807, 2.05) is 41.9 Å². The second-order valence-electron chi connectivity index (χ2n) is 9.26. The number of hydrogen-bond donors (Lipinski definition) is 2. The number of hydrogen-bond acceptors (Lipinski definition) is 7. The lowest BCUT2D eigenvalue weighted by molar-refractivity contribution is 0.0873. The minimum absolute atomic E-state index is 0.0656. The van der Waals surface area contributed by atoms with Gasteiger partial charge in [0.1, 0.15) is 16.2 Å². The number of aliphatic hydroxyl groups excluding tert-OH is 1. The normalized spacial score (nSPS) is 12.3. The van der Waals surface area contributed by atoms with Crippen molar-refractivity contribution in [1.29, 1.82) is 0 Å². The number of pyridine rings is 1. The summed E-state index contributed by atoms with van der Waals surface area (Å²) < 4.78 is 12.9. The van der Waals surface area contributed by atoms with E-state index in [-0.39, 0.29) is 36.7 Å². The number of fused-ring (bicyclic) bond motifs is 1. The van der Waals surface area contributed by atoms with Gasteiger partial charge in [-0.15, -0.1) is 11.3 Å². The molecular formula is C28H32ClN3O5S. The highest BCUT2D eigenvalue weighted by Crippen LogP contribution is 2.26.